The molecule has 2 aromatic heterocycles. The fraction of sp³-hybridized carbons (Fsp3) is 0.308. The molecule has 2 N–H and O–H groups in total. The highest BCUT2D eigenvalue weighted by atomic mass is 16.5. The van der Waals surface area contributed by atoms with Gasteiger partial charge < -0.3 is 10.5 Å². The van der Waals surface area contributed by atoms with Crippen molar-refractivity contribution >= 4 is 5.82 Å². The first-order valence-corrected chi connectivity index (χ1v) is 6.12. The molecule has 0 aromatic carbocycles. The average molecular weight is 255 g/mol. The summed E-state index contributed by atoms with van der Waals surface area (Å²) in [6.07, 6.45) is 3.37. The first-order valence-electron chi connectivity index (χ1n) is 6.12. The highest BCUT2D eigenvalue weighted by molar-refractivity contribution is 5.55. The van der Waals surface area contributed by atoms with Gasteiger partial charge in [-0.05, 0) is 25.0 Å². The number of nitrogens with two attached hydrogens (primary N) is 1. The molecule has 19 heavy (non-hydrogen) atoms. The molecule has 3 rings (SSSR count). The van der Waals surface area contributed by atoms with Gasteiger partial charge in [0.15, 0.2) is 5.82 Å². The van der Waals surface area contributed by atoms with Gasteiger partial charge in [-0.3, -0.25) is 0 Å². The van der Waals surface area contributed by atoms with Crippen LogP contribution in [-0.4, -0.2) is 21.4 Å². The molecule has 1 atom stereocenters. The van der Waals surface area contributed by atoms with Crippen LogP contribution in [0.1, 0.15) is 30.2 Å². The third kappa shape index (κ3) is 1.94. The fourth-order valence-electron chi connectivity index (χ4n) is 2.24. The van der Waals surface area contributed by atoms with Crippen LogP contribution in [0.2, 0.25) is 0 Å². The van der Waals surface area contributed by atoms with E-state index in [-0.39, 0.29) is 6.10 Å². The highest BCUT2D eigenvalue weighted by Crippen LogP contribution is 2.32. The maximum Gasteiger partial charge on any atom is 0.155 e. The van der Waals surface area contributed by atoms with Gasteiger partial charge in [-0.2, -0.15) is 15.0 Å². The first-order chi connectivity index (χ1) is 9.31. The van der Waals surface area contributed by atoms with E-state index in [2.05, 4.69) is 16.2 Å². The van der Waals surface area contributed by atoms with Gasteiger partial charge in [0.25, 0.3) is 0 Å². The van der Waals surface area contributed by atoms with Gasteiger partial charge in [0.1, 0.15) is 29.2 Å². The van der Waals surface area contributed by atoms with E-state index >= 15 is 0 Å². The third-order valence-corrected chi connectivity index (χ3v) is 3.16. The zero-order valence-electron chi connectivity index (χ0n) is 10.3. The van der Waals surface area contributed by atoms with E-state index in [1.54, 1.807) is 12.3 Å². The maximum atomic E-state index is 9.26. The van der Waals surface area contributed by atoms with Gasteiger partial charge in [-0.25, -0.2) is 4.98 Å². The van der Waals surface area contributed by atoms with Crippen LogP contribution in [0.4, 0.5) is 5.82 Å². The summed E-state index contributed by atoms with van der Waals surface area (Å²) in [5.41, 5.74) is 7.00. The lowest BCUT2D eigenvalue weighted by molar-refractivity contribution is 0.108. The van der Waals surface area contributed by atoms with Crippen LogP contribution in [0.15, 0.2) is 24.4 Å². The van der Waals surface area contributed by atoms with Crippen molar-refractivity contribution in [3.8, 4) is 11.9 Å². The monoisotopic (exact) mass is 255 g/mol. The van der Waals surface area contributed by atoms with Gasteiger partial charge in [0, 0.05) is 12.8 Å². The smallest absolute Gasteiger partial charge is 0.155 e. The number of nitriles is 1. The second kappa shape index (κ2) is 4.71. The van der Waals surface area contributed by atoms with Crippen LogP contribution < -0.4 is 5.73 Å². The summed E-state index contributed by atoms with van der Waals surface area (Å²) in [5, 5.41) is 13.7. The van der Waals surface area contributed by atoms with E-state index in [1.165, 1.54) is 4.68 Å². The predicted molar refractivity (Wildman–Crippen MR) is 68.4 cm³/mol. The van der Waals surface area contributed by atoms with Crippen molar-refractivity contribution in [2.75, 3.05) is 12.3 Å². The molecule has 0 amide bonds. The largest absolute Gasteiger partial charge is 0.382 e. The van der Waals surface area contributed by atoms with Crippen LogP contribution in [0, 0.1) is 11.3 Å². The molecule has 1 unspecified atom stereocenters. The molecule has 0 radical (unpaired) electrons. The van der Waals surface area contributed by atoms with Crippen molar-refractivity contribution < 1.29 is 4.74 Å². The van der Waals surface area contributed by atoms with Gasteiger partial charge in [-0.1, -0.05) is 6.07 Å². The molecule has 0 spiro atoms. The molecule has 3 heterocycles. The molecule has 96 valence electrons. The summed E-state index contributed by atoms with van der Waals surface area (Å²) >= 11 is 0. The van der Waals surface area contributed by atoms with Crippen LogP contribution >= 0.6 is 0 Å². The number of anilines is 1. The van der Waals surface area contributed by atoms with Gasteiger partial charge in [0.2, 0.25) is 0 Å². The maximum absolute atomic E-state index is 9.26. The summed E-state index contributed by atoms with van der Waals surface area (Å²) in [6, 6.07) is 7.57. The van der Waals surface area contributed by atoms with E-state index in [0.717, 1.165) is 12.8 Å². The molecule has 1 saturated heterocycles. The third-order valence-electron chi connectivity index (χ3n) is 3.16. The van der Waals surface area contributed by atoms with Gasteiger partial charge in [0.05, 0.1) is 0 Å². The van der Waals surface area contributed by atoms with Crippen LogP contribution in [-0.2, 0) is 4.74 Å². The summed E-state index contributed by atoms with van der Waals surface area (Å²) in [7, 11) is 0. The number of hydrogen-bond acceptors (Lipinski definition) is 5. The van der Waals surface area contributed by atoms with Gasteiger partial charge >= 0.3 is 0 Å². The lowest BCUT2D eigenvalue weighted by Crippen LogP contribution is -2.04. The molecule has 0 bridgehead atoms. The minimum atomic E-state index is -0.137. The Kier molecular flexibility index (Phi) is 2.89. The Labute approximate surface area is 110 Å². The number of rotatable bonds is 2. The molecule has 2 aromatic rings. The first kappa shape index (κ1) is 11.7. The lowest BCUT2D eigenvalue weighted by Gasteiger charge is -2.05. The van der Waals surface area contributed by atoms with Gasteiger partial charge in [-0.15, -0.1) is 0 Å². The Hall–Kier alpha value is -2.39. The molecular formula is C13H13N5O. The topological polar surface area (TPSA) is 89.8 Å². The van der Waals surface area contributed by atoms with E-state index in [4.69, 9.17) is 10.5 Å². The molecule has 0 saturated carbocycles. The summed E-state index contributed by atoms with van der Waals surface area (Å²) in [5.74, 6) is 0.910. The quantitative estimate of drug-likeness (QED) is 0.879. The zero-order chi connectivity index (χ0) is 13.2. The second-order valence-electron chi connectivity index (χ2n) is 4.36. The average Bonchev–Trinajstić information content (AvgIpc) is 3.07. The van der Waals surface area contributed by atoms with E-state index in [0.29, 0.717) is 29.5 Å². The van der Waals surface area contributed by atoms with Crippen molar-refractivity contribution in [2.24, 2.45) is 0 Å². The van der Waals surface area contributed by atoms with Crippen molar-refractivity contribution in [1.29, 1.82) is 5.26 Å². The fourth-order valence-corrected chi connectivity index (χ4v) is 2.24. The second-order valence-corrected chi connectivity index (χ2v) is 4.36. The molecule has 1 fully saturated rings. The minimum Gasteiger partial charge on any atom is -0.382 e. The normalized spacial score (nSPS) is 18.4. The SMILES string of the molecule is N#Cc1c(C2CCCO2)nn(-c2ccccn2)c1N. The molecular weight excluding hydrogens is 242 g/mol. The van der Waals surface area contributed by atoms with Crippen molar-refractivity contribution in [3.05, 3.63) is 35.7 Å². The molecule has 1 aliphatic heterocycles. The Bertz CT molecular complexity index is 622. The highest BCUT2D eigenvalue weighted by Gasteiger charge is 2.27. The standard InChI is InChI=1S/C13H13N5O/c14-8-9-12(10-4-3-7-19-10)17-18(13(9)15)11-5-1-2-6-16-11/h1-2,5-6,10H,3-4,7,15H2. The van der Waals surface area contributed by atoms with E-state index < -0.39 is 0 Å². The zero-order valence-corrected chi connectivity index (χ0v) is 10.3. The summed E-state index contributed by atoms with van der Waals surface area (Å²) in [4.78, 5) is 4.20. The number of nitrogen functional groups attached to an aromatic ring is 1. The predicted octanol–water partition coefficient (Wildman–Crippen LogP) is 1.57. The molecule has 1 aliphatic rings. The number of nitrogens with zero attached hydrogens (tertiary/aromatic N) is 4. The number of hydrogen-bond donors (Lipinski definition) is 1. The molecule has 6 nitrogen and oxygen atoms in total. The lowest BCUT2D eigenvalue weighted by atomic mass is 10.1. The van der Waals surface area contributed by atoms with E-state index in [9.17, 15) is 5.26 Å². The van der Waals surface area contributed by atoms with E-state index in [1.807, 2.05) is 12.1 Å². The van der Waals surface area contributed by atoms with Crippen molar-refractivity contribution in [2.45, 2.75) is 18.9 Å². The summed E-state index contributed by atoms with van der Waals surface area (Å²) in [6.45, 7) is 0.700. The Balaban J connectivity index is 2.10. The molecule has 0 aliphatic carbocycles. The Morgan fingerprint density at radius 1 is 1.47 bits per heavy atom. The minimum absolute atomic E-state index is 0.137. The Morgan fingerprint density at radius 2 is 2.37 bits per heavy atom. The number of pyridine rings is 1. The van der Waals surface area contributed by atoms with Crippen molar-refractivity contribution in [1.82, 2.24) is 14.8 Å². The van der Waals surface area contributed by atoms with Crippen LogP contribution in [0.5, 0.6) is 0 Å². The summed E-state index contributed by atoms with van der Waals surface area (Å²) < 4.78 is 7.08. The van der Waals surface area contributed by atoms with Crippen LogP contribution in [0.25, 0.3) is 5.82 Å². The Morgan fingerprint density at radius 3 is 3.00 bits per heavy atom. The number of ether oxygens (including phenoxy) is 1. The van der Waals surface area contributed by atoms with Crippen molar-refractivity contribution in [3.63, 3.8) is 0 Å². The molecule has 6 heteroatoms. The number of aromatic nitrogens is 3. The van der Waals surface area contributed by atoms with Crippen LogP contribution in [0.3, 0.4) is 0 Å².